The zero-order valence-corrected chi connectivity index (χ0v) is 13.4. The van der Waals surface area contributed by atoms with Gasteiger partial charge in [0.1, 0.15) is 6.04 Å². The number of carbonyl (C=O) groups excluding carboxylic acids is 3. The minimum Gasteiger partial charge on any atom is -0.469 e. The minimum atomic E-state index is -0.487. The van der Waals surface area contributed by atoms with Crippen LogP contribution in [-0.4, -0.2) is 30.9 Å². The summed E-state index contributed by atoms with van der Waals surface area (Å²) in [4.78, 5) is 35.3. The van der Waals surface area contributed by atoms with Gasteiger partial charge in [0.25, 0.3) is 0 Å². The minimum absolute atomic E-state index is 0.0788. The van der Waals surface area contributed by atoms with Crippen LogP contribution >= 0.6 is 0 Å². The van der Waals surface area contributed by atoms with Crippen LogP contribution in [0.5, 0.6) is 0 Å². The number of ether oxygens (including phenoxy) is 1. The highest BCUT2D eigenvalue weighted by molar-refractivity contribution is 5.97. The van der Waals surface area contributed by atoms with Crippen molar-refractivity contribution < 1.29 is 19.1 Å². The summed E-state index contributed by atoms with van der Waals surface area (Å²) < 4.78 is 4.71. The van der Waals surface area contributed by atoms with Gasteiger partial charge in [0, 0.05) is 12.1 Å². The van der Waals surface area contributed by atoms with Gasteiger partial charge in [-0.2, -0.15) is 0 Å². The van der Waals surface area contributed by atoms with E-state index >= 15 is 0 Å². The second-order valence-electron chi connectivity index (χ2n) is 5.72. The lowest BCUT2D eigenvalue weighted by Gasteiger charge is -2.16. The molecular formula is C17H22N2O4. The zero-order chi connectivity index (χ0) is 16.8. The van der Waals surface area contributed by atoms with Gasteiger partial charge in [-0.05, 0) is 37.5 Å². The summed E-state index contributed by atoms with van der Waals surface area (Å²) >= 11 is 0. The molecule has 1 heterocycles. The number of methoxy groups -OCH3 is 1. The van der Waals surface area contributed by atoms with Crippen molar-refractivity contribution in [3.63, 3.8) is 0 Å². The van der Waals surface area contributed by atoms with Crippen molar-refractivity contribution in [1.82, 2.24) is 5.32 Å². The molecule has 1 aromatic rings. The average molecular weight is 318 g/mol. The molecule has 1 aliphatic rings. The largest absolute Gasteiger partial charge is 0.469 e. The fourth-order valence-electron chi connectivity index (χ4n) is 2.57. The molecule has 0 unspecified atom stereocenters. The number of nitrogens with one attached hydrogen (secondary N) is 2. The molecule has 1 saturated heterocycles. The molecule has 6 nitrogen and oxygen atoms in total. The first kappa shape index (κ1) is 17.0. The second-order valence-corrected chi connectivity index (χ2v) is 5.72. The third-order valence-corrected chi connectivity index (χ3v) is 4.03. The lowest BCUT2D eigenvalue weighted by atomic mass is 10.0. The number of esters is 1. The molecule has 0 aromatic heterocycles. The van der Waals surface area contributed by atoms with Crippen LogP contribution in [0.15, 0.2) is 24.3 Å². The molecule has 1 aliphatic heterocycles. The summed E-state index contributed by atoms with van der Waals surface area (Å²) in [5.41, 5.74) is 1.45. The highest BCUT2D eigenvalue weighted by Crippen LogP contribution is 2.19. The smallest absolute Gasteiger partial charge is 0.312 e. The normalized spacial score (nSPS) is 19.2. The molecule has 1 fully saturated rings. The quantitative estimate of drug-likeness (QED) is 0.831. The third-order valence-electron chi connectivity index (χ3n) is 4.03. The molecule has 2 rings (SSSR count). The van der Waals surface area contributed by atoms with E-state index in [2.05, 4.69) is 10.6 Å². The Morgan fingerprint density at radius 3 is 2.61 bits per heavy atom. The van der Waals surface area contributed by atoms with Crippen molar-refractivity contribution in [3.8, 4) is 0 Å². The van der Waals surface area contributed by atoms with Gasteiger partial charge in [0.2, 0.25) is 11.8 Å². The van der Waals surface area contributed by atoms with E-state index in [1.165, 1.54) is 7.11 Å². The SMILES string of the molecule is COC(=O)[C@@H](C)c1ccc(NC(=O)[C@H]2CCCCC(=O)N2)cc1. The van der Waals surface area contributed by atoms with Crippen molar-refractivity contribution in [3.05, 3.63) is 29.8 Å². The Labute approximate surface area is 135 Å². The highest BCUT2D eigenvalue weighted by atomic mass is 16.5. The number of hydrogen-bond donors (Lipinski definition) is 2. The molecule has 0 radical (unpaired) electrons. The molecule has 0 aliphatic carbocycles. The lowest BCUT2D eigenvalue weighted by Crippen LogP contribution is -2.42. The number of benzene rings is 1. The molecule has 124 valence electrons. The fourth-order valence-corrected chi connectivity index (χ4v) is 2.57. The van der Waals surface area contributed by atoms with Crippen LogP contribution in [0, 0.1) is 0 Å². The first-order valence-electron chi connectivity index (χ1n) is 7.79. The molecule has 0 bridgehead atoms. The molecular weight excluding hydrogens is 296 g/mol. The van der Waals surface area contributed by atoms with Crippen molar-refractivity contribution in [1.29, 1.82) is 0 Å². The molecule has 2 N–H and O–H groups in total. The van der Waals surface area contributed by atoms with E-state index in [0.717, 1.165) is 18.4 Å². The van der Waals surface area contributed by atoms with E-state index in [1.807, 2.05) is 0 Å². The summed E-state index contributed by atoms with van der Waals surface area (Å²) in [7, 11) is 1.36. The zero-order valence-electron chi connectivity index (χ0n) is 13.4. The van der Waals surface area contributed by atoms with E-state index in [4.69, 9.17) is 4.74 Å². The first-order valence-corrected chi connectivity index (χ1v) is 7.79. The van der Waals surface area contributed by atoms with Crippen LogP contribution in [0.1, 0.15) is 44.1 Å². The number of amides is 2. The Morgan fingerprint density at radius 2 is 1.96 bits per heavy atom. The van der Waals surface area contributed by atoms with Gasteiger partial charge in [-0.1, -0.05) is 18.6 Å². The van der Waals surface area contributed by atoms with Gasteiger partial charge in [-0.3, -0.25) is 14.4 Å². The van der Waals surface area contributed by atoms with E-state index in [1.54, 1.807) is 31.2 Å². The number of carbonyl (C=O) groups is 3. The molecule has 6 heteroatoms. The Kier molecular flexibility index (Phi) is 5.73. The average Bonchev–Trinajstić information content (AvgIpc) is 2.78. The highest BCUT2D eigenvalue weighted by Gasteiger charge is 2.23. The van der Waals surface area contributed by atoms with E-state index in [9.17, 15) is 14.4 Å². The molecule has 23 heavy (non-hydrogen) atoms. The van der Waals surface area contributed by atoms with Crippen LogP contribution in [0.2, 0.25) is 0 Å². The van der Waals surface area contributed by atoms with E-state index in [-0.39, 0.29) is 23.7 Å². The molecule has 1 aromatic carbocycles. The predicted molar refractivity (Wildman–Crippen MR) is 85.9 cm³/mol. The maximum absolute atomic E-state index is 12.2. The molecule has 0 saturated carbocycles. The molecule has 2 atom stereocenters. The predicted octanol–water partition coefficient (Wildman–Crippen LogP) is 1.96. The standard InChI is InChI=1S/C17H22N2O4/c1-11(17(22)23-2)12-7-9-13(10-8-12)18-16(21)14-5-3-4-6-15(20)19-14/h7-11,14H,3-6H2,1-2H3,(H,18,21)(H,19,20)/t11-,14+/m0/s1. The summed E-state index contributed by atoms with van der Waals surface area (Å²) in [6.07, 6.45) is 2.79. The van der Waals surface area contributed by atoms with Gasteiger partial charge in [-0.15, -0.1) is 0 Å². The number of hydrogen-bond acceptors (Lipinski definition) is 4. The van der Waals surface area contributed by atoms with E-state index < -0.39 is 6.04 Å². The molecule has 2 amide bonds. The van der Waals surface area contributed by atoms with E-state index in [0.29, 0.717) is 18.5 Å². The Balaban J connectivity index is 1.98. The van der Waals surface area contributed by atoms with Crippen molar-refractivity contribution in [2.45, 2.75) is 44.6 Å². The number of anilines is 1. The number of rotatable bonds is 4. The summed E-state index contributed by atoms with van der Waals surface area (Å²) in [5.74, 6) is -0.951. The first-order chi connectivity index (χ1) is 11.0. The van der Waals surface area contributed by atoms with Gasteiger partial charge in [0.15, 0.2) is 0 Å². The summed E-state index contributed by atoms with van der Waals surface area (Å²) in [6, 6.07) is 6.56. The Morgan fingerprint density at radius 1 is 1.26 bits per heavy atom. The topological polar surface area (TPSA) is 84.5 Å². The van der Waals surface area contributed by atoms with Crippen molar-refractivity contribution in [2.75, 3.05) is 12.4 Å². The van der Waals surface area contributed by atoms with Crippen molar-refractivity contribution >= 4 is 23.5 Å². The lowest BCUT2D eigenvalue weighted by molar-refractivity contribution is -0.142. The summed E-state index contributed by atoms with van der Waals surface area (Å²) in [5, 5.41) is 5.54. The maximum atomic E-state index is 12.2. The third kappa shape index (κ3) is 4.55. The Bertz CT molecular complexity index is 583. The summed E-state index contributed by atoms with van der Waals surface area (Å²) in [6.45, 7) is 1.76. The van der Waals surface area contributed by atoms with Crippen LogP contribution in [0.3, 0.4) is 0 Å². The monoisotopic (exact) mass is 318 g/mol. The van der Waals surface area contributed by atoms with Crippen LogP contribution in [-0.2, 0) is 19.1 Å². The fraction of sp³-hybridized carbons (Fsp3) is 0.471. The second kappa shape index (κ2) is 7.76. The maximum Gasteiger partial charge on any atom is 0.312 e. The molecule has 0 spiro atoms. The van der Waals surface area contributed by atoms with Crippen LogP contribution < -0.4 is 10.6 Å². The van der Waals surface area contributed by atoms with Crippen molar-refractivity contribution in [2.24, 2.45) is 0 Å². The van der Waals surface area contributed by atoms with Crippen LogP contribution in [0.25, 0.3) is 0 Å². The van der Waals surface area contributed by atoms with Gasteiger partial charge >= 0.3 is 5.97 Å². The van der Waals surface area contributed by atoms with Gasteiger partial charge in [-0.25, -0.2) is 0 Å². The van der Waals surface area contributed by atoms with Gasteiger partial charge in [0.05, 0.1) is 13.0 Å². The van der Waals surface area contributed by atoms with Crippen LogP contribution in [0.4, 0.5) is 5.69 Å². The van der Waals surface area contributed by atoms with Gasteiger partial charge < -0.3 is 15.4 Å². The Hall–Kier alpha value is -2.37.